The number of aromatic hydroxyl groups is 1. The van der Waals surface area contributed by atoms with E-state index in [1.165, 1.54) is 32.0 Å². The van der Waals surface area contributed by atoms with Crippen molar-refractivity contribution in [3.63, 3.8) is 0 Å². The number of esters is 1. The van der Waals surface area contributed by atoms with Crippen LogP contribution in [0.1, 0.15) is 42.9 Å². The topological polar surface area (TPSA) is 188 Å². The number of nitrogens with two attached hydrogens (primary N) is 1. The highest BCUT2D eigenvalue weighted by molar-refractivity contribution is 6.24. The maximum absolute atomic E-state index is 14.2. The number of nitrogens with zero attached hydrogens (tertiary/aromatic N) is 1. The number of rotatable bonds is 5. The minimum Gasteiger partial charge on any atom is -0.508 e. The molecule has 206 valence electrons. The van der Waals surface area contributed by atoms with E-state index >= 15 is 0 Å². The molecule has 6 atom stereocenters. The van der Waals surface area contributed by atoms with Crippen LogP contribution in [-0.2, 0) is 23.9 Å². The van der Waals surface area contributed by atoms with Crippen molar-refractivity contribution in [3.05, 3.63) is 58.0 Å². The number of hydrogen-bond donors (Lipinski definition) is 5. The fourth-order valence-electron chi connectivity index (χ4n) is 6.21. The maximum atomic E-state index is 14.2. The van der Waals surface area contributed by atoms with E-state index in [9.17, 15) is 39.6 Å². The molecule has 0 radical (unpaired) electrons. The van der Waals surface area contributed by atoms with Crippen molar-refractivity contribution >= 4 is 35.3 Å². The fraction of sp³-hybridized carbons (Fsp3) is 0.393. The van der Waals surface area contributed by atoms with Gasteiger partial charge in [-0.3, -0.25) is 24.1 Å². The molecule has 11 nitrogen and oxygen atoms in total. The lowest BCUT2D eigenvalue weighted by Crippen LogP contribution is -2.71. The summed E-state index contributed by atoms with van der Waals surface area (Å²) in [4.78, 5) is 53.8. The Labute approximate surface area is 224 Å². The highest BCUT2D eigenvalue weighted by atomic mass is 16.5. The number of Topliss-reactive ketones (excluding diaryl/α,β-unsaturated/α-hetero) is 2. The first-order valence-corrected chi connectivity index (χ1v) is 12.3. The second kappa shape index (κ2) is 9.53. The van der Waals surface area contributed by atoms with E-state index in [1.807, 2.05) is 0 Å². The normalized spacial score (nSPS) is 29.8. The summed E-state index contributed by atoms with van der Waals surface area (Å²) in [6, 6.07) is 1.77. The standard InChI is InChI=1S/C28H30N2O9/c1-6-8-12-9-10-13-11(3)15-17(22(33)16(13)21(12)32)25(35)28(38)19(24(15)39-14(31)7-2)20(30(4)5)23(34)18(26(28)36)27(29)37/h8-11,15,19-20,24,32-33,36,38H,1,7H2,2-5H3,(H2,29,37)/t11-,15+,19+,20?,24-,28-/m0/s1. The number of ketones is 2. The molecule has 1 saturated carbocycles. The van der Waals surface area contributed by atoms with Gasteiger partial charge in [-0.05, 0) is 31.7 Å². The highest BCUT2D eigenvalue weighted by Crippen LogP contribution is 2.57. The van der Waals surface area contributed by atoms with Crippen LogP contribution in [0.4, 0.5) is 0 Å². The van der Waals surface area contributed by atoms with Crippen LogP contribution in [0.25, 0.3) is 11.8 Å². The predicted octanol–water partition coefficient (Wildman–Crippen LogP) is 1.25. The van der Waals surface area contributed by atoms with Gasteiger partial charge in [0.25, 0.3) is 5.91 Å². The molecular weight excluding hydrogens is 508 g/mol. The number of likely N-dealkylation sites (N-methyl/N-ethyl adjacent to an activating group) is 1. The molecule has 0 spiro atoms. The van der Waals surface area contributed by atoms with Crippen LogP contribution in [0.5, 0.6) is 5.75 Å². The summed E-state index contributed by atoms with van der Waals surface area (Å²) in [7, 11) is 2.92. The van der Waals surface area contributed by atoms with E-state index < -0.39 is 81.6 Å². The third-order valence-electron chi connectivity index (χ3n) is 7.95. The van der Waals surface area contributed by atoms with Gasteiger partial charge in [0, 0.05) is 23.5 Å². The zero-order valence-corrected chi connectivity index (χ0v) is 21.9. The number of aliphatic hydroxyl groups excluding tert-OH is 2. The first kappa shape index (κ1) is 27.8. The maximum Gasteiger partial charge on any atom is 0.305 e. The van der Waals surface area contributed by atoms with E-state index in [2.05, 4.69) is 12.3 Å². The molecule has 3 aliphatic rings. The summed E-state index contributed by atoms with van der Waals surface area (Å²) in [5.41, 5.74) is 4.08. The number of amides is 1. The first-order chi connectivity index (χ1) is 18.2. The second-order valence-corrected chi connectivity index (χ2v) is 10.2. The number of phenols is 1. The second-order valence-electron chi connectivity index (χ2n) is 10.2. The molecule has 0 heterocycles. The zero-order chi connectivity index (χ0) is 29.1. The molecule has 1 aromatic rings. The summed E-state index contributed by atoms with van der Waals surface area (Å²) in [5, 5.41) is 45.5. The van der Waals surface area contributed by atoms with E-state index in [-0.39, 0.29) is 23.3 Å². The van der Waals surface area contributed by atoms with Gasteiger partial charge in [-0.2, -0.15) is 0 Å². The summed E-state index contributed by atoms with van der Waals surface area (Å²) in [5.74, 6) is -9.99. The molecule has 6 N–H and O–H groups in total. The fourth-order valence-corrected chi connectivity index (χ4v) is 6.21. The van der Waals surface area contributed by atoms with Gasteiger partial charge >= 0.3 is 5.97 Å². The molecule has 0 aliphatic heterocycles. The predicted molar refractivity (Wildman–Crippen MR) is 138 cm³/mol. The van der Waals surface area contributed by atoms with Crippen molar-refractivity contribution in [1.82, 2.24) is 4.90 Å². The molecule has 1 amide bonds. The third-order valence-corrected chi connectivity index (χ3v) is 7.95. The van der Waals surface area contributed by atoms with Gasteiger partial charge in [-0.1, -0.05) is 32.6 Å². The Morgan fingerprint density at radius 2 is 1.87 bits per heavy atom. The van der Waals surface area contributed by atoms with Gasteiger partial charge in [0.2, 0.25) is 5.78 Å². The van der Waals surface area contributed by atoms with Crippen molar-refractivity contribution in [2.75, 3.05) is 14.1 Å². The minimum atomic E-state index is -2.98. The number of ether oxygens (including phenoxy) is 1. The lowest BCUT2D eigenvalue weighted by molar-refractivity contribution is -0.185. The average molecular weight is 539 g/mol. The lowest BCUT2D eigenvalue weighted by atomic mass is 9.54. The number of primary amides is 1. The summed E-state index contributed by atoms with van der Waals surface area (Å²) in [6.45, 7) is 6.69. The number of carbonyl (C=O) groups is 4. The minimum absolute atomic E-state index is 0.0920. The molecule has 11 heteroatoms. The molecule has 4 rings (SSSR count). The van der Waals surface area contributed by atoms with Crippen molar-refractivity contribution in [1.29, 1.82) is 0 Å². The number of phenolic OH excluding ortho intramolecular Hbond substituents is 1. The number of fused-ring (bicyclic) bond motifs is 3. The third kappa shape index (κ3) is 3.73. The van der Waals surface area contributed by atoms with Crippen molar-refractivity contribution in [3.8, 4) is 5.75 Å². The Balaban J connectivity index is 2.13. The van der Waals surface area contributed by atoms with Crippen molar-refractivity contribution in [2.45, 2.75) is 43.9 Å². The van der Waals surface area contributed by atoms with Gasteiger partial charge in [0.05, 0.1) is 17.5 Å². The summed E-state index contributed by atoms with van der Waals surface area (Å²) < 4.78 is 5.78. The van der Waals surface area contributed by atoms with Crippen LogP contribution in [-0.4, -0.2) is 80.6 Å². The molecule has 39 heavy (non-hydrogen) atoms. The van der Waals surface area contributed by atoms with Crippen molar-refractivity contribution < 1.29 is 44.3 Å². The Morgan fingerprint density at radius 3 is 2.41 bits per heavy atom. The van der Waals surface area contributed by atoms with Gasteiger partial charge in [-0.25, -0.2) is 0 Å². The first-order valence-electron chi connectivity index (χ1n) is 12.3. The Morgan fingerprint density at radius 1 is 1.23 bits per heavy atom. The van der Waals surface area contributed by atoms with Gasteiger partial charge in [-0.15, -0.1) is 5.73 Å². The van der Waals surface area contributed by atoms with E-state index in [1.54, 1.807) is 19.1 Å². The van der Waals surface area contributed by atoms with Crippen LogP contribution < -0.4 is 5.73 Å². The SMILES string of the molecule is C=C=Cc1ccc2c(c1O)C(O)=C1C(=O)[C@]3(O)C(O)=C(C(N)=O)C(=O)C(N(C)C)[C@@H]3[C@@H](OC(=O)CC)[C@@H]1[C@H]2C. The quantitative estimate of drug-likeness (QED) is 0.207. The highest BCUT2D eigenvalue weighted by Gasteiger charge is 2.69. The van der Waals surface area contributed by atoms with Gasteiger partial charge in [0.1, 0.15) is 28.9 Å². The number of aliphatic hydroxyl groups is 3. The molecule has 0 aromatic heterocycles. The summed E-state index contributed by atoms with van der Waals surface area (Å²) in [6.07, 6.45) is -0.154. The molecule has 1 fully saturated rings. The Bertz CT molecular complexity index is 1430. The lowest BCUT2D eigenvalue weighted by Gasteiger charge is -2.54. The molecular formula is C28H30N2O9. The Hall–Kier alpha value is -4.18. The number of benzene rings is 1. The zero-order valence-electron chi connectivity index (χ0n) is 21.9. The summed E-state index contributed by atoms with van der Waals surface area (Å²) >= 11 is 0. The van der Waals surface area contributed by atoms with Gasteiger partial charge < -0.3 is 30.9 Å². The van der Waals surface area contributed by atoms with E-state index in [0.29, 0.717) is 5.56 Å². The smallest absolute Gasteiger partial charge is 0.305 e. The molecule has 0 bridgehead atoms. The van der Waals surface area contributed by atoms with Gasteiger partial charge in [0.15, 0.2) is 11.4 Å². The Kier molecular flexibility index (Phi) is 6.81. The average Bonchev–Trinajstić information content (AvgIpc) is 2.86. The molecule has 3 aliphatic carbocycles. The number of hydrogen-bond acceptors (Lipinski definition) is 10. The van der Waals surface area contributed by atoms with Crippen LogP contribution in [0, 0.1) is 11.8 Å². The van der Waals surface area contributed by atoms with Crippen LogP contribution in [0.2, 0.25) is 0 Å². The molecule has 0 saturated heterocycles. The van der Waals surface area contributed by atoms with E-state index in [0.717, 1.165) is 0 Å². The van der Waals surface area contributed by atoms with Crippen LogP contribution in [0.3, 0.4) is 0 Å². The molecule has 1 aromatic carbocycles. The largest absolute Gasteiger partial charge is 0.508 e. The van der Waals surface area contributed by atoms with Crippen molar-refractivity contribution in [2.24, 2.45) is 17.6 Å². The monoisotopic (exact) mass is 538 g/mol. The van der Waals surface area contributed by atoms with Crippen LogP contribution >= 0.6 is 0 Å². The van der Waals surface area contributed by atoms with Crippen LogP contribution in [0.15, 0.2) is 41.3 Å². The molecule has 1 unspecified atom stereocenters. The number of carbonyl (C=O) groups excluding carboxylic acids is 4. The van der Waals surface area contributed by atoms with E-state index in [4.69, 9.17) is 10.5 Å².